The molecule has 142 valence electrons. The molecular formula is C26H32O. The minimum Gasteiger partial charge on any atom is -0.493 e. The van der Waals surface area contributed by atoms with Gasteiger partial charge in [-0.3, -0.25) is 0 Å². The molecule has 1 spiro atoms. The van der Waals surface area contributed by atoms with Gasteiger partial charge < -0.3 is 4.74 Å². The Morgan fingerprint density at radius 3 is 2.52 bits per heavy atom. The maximum Gasteiger partial charge on any atom is 0.122 e. The van der Waals surface area contributed by atoms with Crippen molar-refractivity contribution in [2.24, 2.45) is 11.8 Å². The van der Waals surface area contributed by atoms with E-state index >= 15 is 0 Å². The first-order chi connectivity index (χ1) is 13.1. The third-order valence-electron chi connectivity index (χ3n) is 7.62. The Bertz CT molecular complexity index is 845. The average Bonchev–Trinajstić information content (AvgIpc) is 3.37. The van der Waals surface area contributed by atoms with Gasteiger partial charge in [-0.1, -0.05) is 57.2 Å². The summed E-state index contributed by atoms with van der Waals surface area (Å²) in [5, 5.41) is 0. The Morgan fingerprint density at radius 2 is 1.74 bits per heavy atom. The van der Waals surface area contributed by atoms with Crippen LogP contribution in [0.5, 0.6) is 5.75 Å². The van der Waals surface area contributed by atoms with E-state index < -0.39 is 0 Å². The van der Waals surface area contributed by atoms with Gasteiger partial charge in [-0.05, 0) is 89.5 Å². The highest BCUT2D eigenvalue weighted by Gasteiger charge is 2.53. The molecule has 1 saturated carbocycles. The molecule has 27 heavy (non-hydrogen) atoms. The van der Waals surface area contributed by atoms with Gasteiger partial charge in [-0.2, -0.15) is 0 Å². The Balaban J connectivity index is 1.46. The van der Waals surface area contributed by atoms with Crippen LogP contribution in [0.15, 0.2) is 42.5 Å². The van der Waals surface area contributed by atoms with Crippen LogP contribution >= 0.6 is 0 Å². The first kappa shape index (κ1) is 17.3. The molecule has 5 rings (SSSR count). The second-order valence-electron chi connectivity index (χ2n) is 9.68. The number of hydrogen-bond acceptors (Lipinski definition) is 1. The summed E-state index contributed by atoms with van der Waals surface area (Å²) in [6.45, 7) is 8.13. The van der Waals surface area contributed by atoms with Crippen LogP contribution < -0.4 is 4.74 Å². The van der Waals surface area contributed by atoms with Crippen LogP contribution in [-0.4, -0.2) is 6.61 Å². The molecule has 3 aliphatic rings. The van der Waals surface area contributed by atoms with Gasteiger partial charge in [0, 0.05) is 0 Å². The summed E-state index contributed by atoms with van der Waals surface area (Å²) in [6, 6.07) is 15.9. The zero-order chi connectivity index (χ0) is 18.6. The van der Waals surface area contributed by atoms with Gasteiger partial charge in [0.05, 0.1) is 6.61 Å². The summed E-state index contributed by atoms with van der Waals surface area (Å²) in [5.41, 5.74) is 7.04. The molecule has 0 saturated heterocycles. The molecule has 0 amide bonds. The van der Waals surface area contributed by atoms with E-state index in [-0.39, 0.29) is 0 Å². The Hall–Kier alpha value is -1.76. The second kappa shape index (κ2) is 6.40. The van der Waals surface area contributed by atoms with Crippen LogP contribution in [-0.2, 0) is 11.8 Å². The lowest BCUT2D eigenvalue weighted by Gasteiger charge is -2.31. The molecule has 1 aliphatic heterocycles. The van der Waals surface area contributed by atoms with Crippen molar-refractivity contribution >= 4 is 0 Å². The third kappa shape index (κ3) is 2.82. The molecule has 2 aromatic rings. The van der Waals surface area contributed by atoms with E-state index in [4.69, 9.17) is 4.74 Å². The third-order valence-corrected chi connectivity index (χ3v) is 7.62. The van der Waals surface area contributed by atoms with Crippen LogP contribution in [0, 0.1) is 11.8 Å². The number of ether oxygens (including phenoxy) is 1. The molecule has 3 unspecified atom stereocenters. The zero-order valence-corrected chi connectivity index (χ0v) is 17.0. The summed E-state index contributed by atoms with van der Waals surface area (Å²) < 4.78 is 5.91. The summed E-state index contributed by atoms with van der Waals surface area (Å²) in [6.07, 6.45) is 6.57. The van der Waals surface area contributed by atoms with Crippen molar-refractivity contribution in [3.8, 4) is 5.75 Å². The van der Waals surface area contributed by atoms with Crippen molar-refractivity contribution < 1.29 is 4.74 Å². The predicted molar refractivity (Wildman–Crippen MR) is 112 cm³/mol. The van der Waals surface area contributed by atoms with Crippen molar-refractivity contribution in [3.63, 3.8) is 0 Å². The van der Waals surface area contributed by atoms with E-state index in [1.807, 2.05) is 0 Å². The van der Waals surface area contributed by atoms with Crippen molar-refractivity contribution in [1.29, 1.82) is 0 Å². The molecule has 3 atom stereocenters. The number of hydrogen-bond donors (Lipinski definition) is 0. The summed E-state index contributed by atoms with van der Waals surface area (Å²) >= 11 is 0. The quantitative estimate of drug-likeness (QED) is 0.596. The molecule has 0 radical (unpaired) electrons. The van der Waals surface area contributed by atoms with Crippen LogP contribution in [0.1, 0.15) is 80.5 Å². The van der Waals surface area contributed by atoms with E-state index in [0.717, 1.165) is 30.6 Å². The lowest BCUT2D eigenvalue weighted by atomic mass is 9.78. The minimum absolute atomic E-state index is 0.536. The smallest absolute Gasteiger partial charge is 0.122 e. The van der Waals surface area contributed by atoms with Gasteiger partial charge >= 0.3 is 0 Å². The average molecular weight is 361 g/mol. The van der Waals surface area contributed by atoms with E-state index in [0.29, 0.717) is 17.3 Å². The SMILES string of the molecule is CC(C)C1CC2(CC2)c2c(CC(C)C3CCOc4ccccc43)cccc21. The fourth-order valence-corrected chi connectivity index (χ4v) is 6.03. The Kier molecular flexibility index (Phi) is 4.11. The molecule has 0 N–H and O–H groups in total. The molecule has 1 heterocycles. The van der Waals surface area contributed by atoms with Crippen LogP contribution in [0.3, 0.4) is 0 Å². The fraction of sp³-hybridized carbons (Fsp3) is 0.538. The first-order valence-corrected chi connectivity index (χ1v) is 10.9. The van der Waals surface area contributed by atoms with Gasteiger partial charge in [0.15, 0.2) is 0 Å². The van der Waals surface area contributed by atoms with Gasteiger partial charge in [0.1, 0.15) is 5.75 Å². The molecular weight excluding hydrogens is 328 g/mol. The molecule has 1 nitrogen and oxygen atoms in total. The number of benzene rings is 2. The second-order valence-corrected chi connectivity index (χ2v) is 9.68. The van der Waals surface area contributed by atoms with Gasteiger partial charge in [-0.15, -0.1) is 0 Å². The Labute approximate surface area is 164 Å². The van der Waals surface area contributed by atoms with E-state index in [2.05, 4.69) is 63.2 Å². The number of fused-ring (bicyclic) bond motifs is 3. The molecule has 1 fully saturated rings. The normalized spacial score (nSPS) is 25.8. The molecule has 0 aromatic heterocycles. The zero-order valence-electron chi connectivity index (χ0n) is 17.0. The monoisotopic (exact) mass is 360 g/mol. The van der Waals surface area contributed by atoms with Gasteiger partial charge in [0.25, 0.3) is 0 Å². The molecule has 2 aromatic carbocycles. The highest BCUT2D eigenvalue weighted by atomic mass is 16.5. The topological polar surface area (TPSA) is 9.23 Å². The summed E-state index contributed by atoms with van der Waals surface area (Å²) in [4.78, 5) is 0. The summed E-state index contributed by atoms with van der Waals surface area (Å²) in [7, 11) is 0. The first-order valence-electron chi connectivity index (χ1n) is 10.9. The van der Waals surface area contributed by atoms with Crippen molar-refractivity contribution in [2.75, 3.05) is 6.61 Å². The van der Waals surface area contributed by atoms with E-state index in [9.17, 15) is 0 Å². The minimum atomic E-state index is 0.536. The van der Waals surface area contributed by atoms with Crippen molar-refractivity contribution in [1.82, 2.24) is 0 Å². The summed E-state index contributed by atoms with van der Waals surface area (Å²) in [5.74, 6) is 3.89. The van der Waals surface area contributed by atoms with Crippen molar-refractivity contribution in [3.05, 3.63) is 64.7 Å². The van der Waals surface area contributed by atoms with Gasteiger partial charge in [-0.25, -0.2) is 0 Å². The van der Waals surface area contributed by atoms with Gasteiger partial charge in [0.2, 0.25) is 0 Å². The Morgan fingerprint density at radius 1 is 0.963 bits per heavy atom. The highest BCUT2D eigenvalue weighted by Crippen LogP contribution is 2.63. The largest absolute Gasteiger partial charge is 0.493 e. The molecule has 0 bridgehead atoms. The van der Waals surface area contributed by atoms with Crippen LogP contribution in [0.2, 0.25) is 0 Å². The van der Waals surface area contributed by atoms with Crippen LogP contribution in [0.25, 0.3) is 0 Å². The number of rotatable bonds is 4. The highest BCUT2D eigenvalue weighted by molar-refractivity contribution is 5.51. The predicted octanol–water partition coefficient (Wildman–Crippen LogP) is 6.61. The maximum atomic E-state index is 5.91. The molecule has 2 aliphatic carbocycles. The molecule has 1 heteroatoms. The lowest BCUT2D eigenvalue weighted by molar-refractivity contribution is 0.242. The van der Waals surface area contributed by atoms with Crippen LogP contribution in [0.4, 0.5) is 0 Å². The van der Waals surface area contributed by atoms with Crippen molar-refractivity contribution in [2.45, 2.75) is 70.1 Å². The fourth-order valence-electron chi connectivity index (χ4n) is 6.03. The maximum absolute atomic E-state index is 5.91. The van der Waals surface area contributed by atoms with E-state index in [1.165, 1.54) is 31.2 Å². The standard InChI is InChI=1S/C26H32O/c1-17(2)23-16-26(12-13-26)25-19(7-6-9-22(23)25)15-18(3)20-11-14-27-24-10-5-4-8-21(20)24/h4-10,17-18,20,23H,11-16H2,1-3H3. The lowest BCUT2D eigenvalue weighted by Crippen LogP contribution is -2.21. The van der Waals surface area contributed by atoms with E-state index in [1.54, 1.807) is 16.7 Å². The number of para-hydroxylation sites is 1.